The van der Waals surface area contributed by atoms with E-state index in [2.05, 4.69) is 11.9 Å². The number of cyclic esters (lactones) is 1. The molecule has 0 aliphatic carbocycles. The molecular formula is C8H11NO3. The third kappa shape index (κ3) is 2.38. The Morgan fingerprint density at radius 3 is 3.08 bits per heavy atom. The topological polar surface area (TPSA) is 55.4 Å². The number of hydrogen-bond donors (Lipinski definition) is 1. The lowest BCUT2D eigenvalue weighted by Crippen LogP contribution is -2.28. The molecule has 1 atom stereocenters. The Balaban J connectivity index is 2.51. The van der Waals surface area contributed by atoms with Crippen LogP contribution >= 0.6 is 0 Å². The molecule has 1 rings (SSSR count). The molecule has 12 heavy (non-hydrogen) atoms. The highest BCUT2D eigenvalue weighted by atomic mass is 16.5. The van der Waals surface area contributed by atoms with Gasteiger partial charge in [-0.3, -0.25) is 9.59 Å². The van der Waals surface area contributed by atoms with Gasteiger partial charge < -0.3 is 10.1 Å². The average Bonchev–Trinajstić information content (AvgIpc) is 2.13. The first-order valence-corrected chi connectivity index (χ1v) is 3.79. The Morgan fingerprint density at radius 2 is 2.42 bits per heavy atom. The number of hydrogen-bond acceptors (Lipinski definition) is 3. The summed E-state index contributed by atoms with van der Waals surface area (Å²) in [4.78, 5) is 21.7. The van der Waals surface area contributed by atoms with Crippen molar-refractivity contribution in [3.63, 3.8) is 0 Å². The summed E-state index contributed by atoms with van der Waals surface area (Å²) in [6.45, 7) is 3.91. The Labute approximate surface area is 70.6 Å². The molecule has 1 fully saturated rings. The van der Waals surface area contributed by atoms with Crippen molar-refractivity contribution in [3.05, 3.63) is 12.7 Å². The van der Waals surface area contributed by atoms with Gasteiger partial charge >= 0.3 is 5.97 Å². The van der Waals surface area contributed by atoms with Gasteiger partial charge in [-0.15, -0.1) is 6.58 Å². The van der Waals surface area contributed by atoms with E-state index in [0.29, 0.717) is 13.0 Å². The molecule has 0 aromatic carbocycles. The molecule has 4 nitrogen and oxygen atoms in total. The number of rotatable bonds is 2. The van der Waals surface area contributed by atoms with Gasteiger partial charge in [0.05, 0.1) is 6.54 Å². The van der Waals surface area contributed by atoms with Crippen molar-refractivity contribution in [2.75, 3.05) is 6.54 Å². The average molecular weight is 169 g/mol. The van der Waals surface area contributed by atoms with Crippen LogP contribution in [0.2, 0.25) is 0 Å². The molecule has 0 aromatic heterocycles. The van der Waals surface area contributed by atoms with Crippen molar-refractivity contribution in [1.29, 1.82) is 0 Å². The van der Waals surface area contributed by atoms with Gasteiger partial charge in [0.15, 0.2) is 0 Å². The first kappa shape index (κ1) is 8.77. The number of nitrogens with one attached hydrogen (secondary N) is 1. The molecule has 0 radical (unpaired) electrons. The summed E-state index contributed by atoms with van der Waals surface area (Å²) in [5.41, 5.74) is 0. The predicted molar refractivity (Wildman–Crippen MR) is 42.3 cm³/mol. The molecule has 1 N–H and O–H groups in total. The standard InChI is InChI=1S/C8H11NO3/c1-2-3-6-5-9-7(10)4-8(11)12-6/h2,6H,1,3-5H2,(H,9,10). The van der Waals surface area contributed by atoms with Gasteiger partial charge in [0, 0.05) is 6.42 Å². The van der Waals surface area contributed by atoms with Crippen LogP contribution in [0.4, 0.5) is 0 Å². The highest BCUT2D eigenvalue weighted by Crippen LogP contribution is 2.04. The Morgan fingerprint density at radius 1 is 1.67 bits per heavy atom. The van der Waals surface area contributed by atoms with E-state index in [1.165, 1.54) is 0 Å². The third-order valence-electron chi connectivity index (χ3n) is 1.56. The Kier molecular flexibility index (Phi) is 2.85. The summed E-state index contributed by atoms with van der Waals surface area (Å²) in [6.07, 6.45) is 1.82. The van der Waals surface area contributed by atoms with Crippen LogP contribution in [0.25, 0.3) is 0 Å². The van der Waals surface area contributed by atoms with E-state index < -0.39 is 5.97 Å². The van der Waals surface area contributed by atoms with Crippen LogP contribution in [-0.4, -0.2) is 24.5 Å². The highest BCUT2D eigenvalue weighted by Gasteiger charge is 2.21. The molecule has 1 unspecified atom stereocenters. The van der Waals surface area contributed by atoms with E-state index >= 15 is 0 Å². The van der Waals surface area contributed by atoms with Crippen LogP contribution in [0.5, 0.6) is 0 Å². The number of amides is 1. The number of carbonyl (C=O) groups excluding carboxylic acids is 2. The molecule has 1 aliphatic rings. The minimum Gasteiger partial charge on any atom is -0.460 e. The molecule has 0 aromatic rings. The van der Waals surface area contributed by atoms with Crippen LogP contribution in [0.15, 0.2) is 12.7 Å². The van der Waals surface area contributed by atoms with Crippen molar-refractivity contribution in [3.8, 4) is 0 Å². The summed E-state index contributed by atoms with van der Waals surface area (Å²) in [5.74, 6) is -0.733. The second-order valence-corrected chi connectivity index (χ2v) is 2.62. The largest absolute Gasteiger partial charge is 0.460 e. The fourth-order valence-electron chi connectivity index (χ4n) is 1.01. The summed E-state index contributed by atoms with van der Waals surface area (Å²) in [5, 5.41) is 2.58. The molecule has 4 heteroatoms. The molecule has 66 valence electrons. The van der Waals surface area contributed by atoms with Crippen LogP contribution < -0.4 is 5.32 Å². The van der Waals surface area contributed by atoms with Crippen molar-refractivity contribution in [1.82, 2.24) is 5.32 Å². The maximum Gasteiger partial charge on any atom is 0.315 e. The maximum absolute atomic E-state index is 10.9. The van der Waals surface area contributed by atoms with Gasteiger partial charge in [0.25, 0.3) is 0 Å². The van der Waals surface area contributed by atoms with Gasteiger partial charge in [0.1, 0.15) is 12.5 Å². The van der Waals surface area contributed by atoms with Crippen molar-refractivity contribution in [2.45, 2.75) is 18.9 Å². The summed E-state index contributed by atoms with van der Waals surface area (Å²) in [7, 11) is 0. The van der Waals surface area contributed by atoms with Crippen molar-refractivity contribution >= 4 is 11.9 Å². The molecule has 1 heterocycles. The lowest BCUT2D eigenvalue weighted by molar-refractivity contribution is -0.148. The Hall–Kier alpha value is -1.32. The lowest BCUT2D eigenvalue weighted by atomic mass is 10.2. The van der Waals surface area contributed by atoms with Crippen LogP contribution in [-0.2, 0) is 14.3 Å². The van der Waals surface area contributed by atoms with E-state index in [4.69, 9.17) is 4.74 Å². The molecule has 0 saturated carbocycles. The van der Waals surface area contributed by atoms with E-state index in [0.717, 1.165) is 0 Å². The second kappa shape index (κ2) is 3.90. The van der Waals surface area contributed by atoms with E-state index in [-0.39, 0.29) is 18.4 Å². The third-order valence-corrected chi connectivity index (χ3v) is 1.56. The van der Waals surface area contributed by atoms with E-state index in [1.54, 1.807) is 6.08 Å². The van der Waals surface area contributed by atoms with E-state index in [9.17, 15) is 9.59 Å². The zero-order valence-electron chi connectivity index (χ0n) is 6.71. The predicted octanol–water partition coefficient (Wildman–Crippen LogP) is -0.00580. The summed E-state index contributed by atoms with van der Waals surface area (Å²) < 4.78 is 4.93. The number of ether oxygens (including phenoxy) is 1. The fourth-order valence-corrected chi connectivity index (χ4v) is 1.01. The number of esters is 1. The zero-order valence-corrected chi connectivity index (χ0v) is 6.71. The molecular weight excluding hydrogens is 158 g/mol. The van der Waals surface area contributed by atoms with Crippen LogP contribution in [0, 0.1) is 0 Å². The van der Waals surface area contributed by atoms with Gasteiger partial charge in [-0.2, -0.15) is 0 Å². The molecule has 0 bridgehead atoms. The van der Waals surface area contributed by atoms with Crippen molar-refractivity contribution in [2.24, 2.45) is 0 Å². The maximum atomic E-state index is 10.9. The normalized spacial score (nSPS) is 23.8. The first-order valence-electron chi connectivity index (χ1n) is 3.79. The number of carbonyl (C=O) groups is 2. The smallest absolute Gasteiger partial charge is 0.315 e. The SMILES string of the molecule is C=CCC1CNC(=O)CC(=O)O1. The van der Waals surface area contributed by atoms with Crippen LogP contribution in [0.3, 0.4) is 0 Å². The van der Waals surface area contributed by atoms with Crippen molar-refractivity contribution < 1.29 is 14.3 Å². The van der Waals surface area contributed by atoms with Gasteiger partial charge in [-0.05, 0) is 0 Å². The fraction of sp³-hybridized carbons (Fsp3) is 0.500. The summed E-state index contributed by atoms with van der Waals surface area (Å²) >= 11 is 0. The molecule has 1 amide bonds. The second-order valence-electron chi connectivity index (χ2n) is 2.62. The van der Waals surface area contributed by atoms with Gasteiger partial charge in [-0.1, -0.05) is 6.08 Å². The zero-order chi connectivity index (χ0) is 8.97. The monoisotopic (exact) mass is 169 g/mol. The van der Waals surface area contributed by atoms with Crippen LogP contribution in [0.1, 0.15) is 12.8 Å². The highest BCUT2D eigenvalue weighted by molar-refractivity contribution is 5.94. The van der Waals surface area contributed by atoms with E-state index in [1.807, 2.05) is 0 Å². The molecule has 1 aliphatic heterocycles. The molecule has 0 spiro atoms. The summed E-state index contributed by atoms with van der Waals surface area (Å²) in [6, 6.07) is 0. The lowest BCUT2D eigenvalue weighted by Gasteiger charge is -2.11. The minimum atomic E-state index is -0.461. The minimum absolute atomic E-state index is 0.173. The van der Waals surface area contributed by atoms with Gasteiger partial charge in [-0.25, -0.2) is 0 Å². The Bertz CT molecular complexity index is 212. The molecule has 1 saturated heterocycles. The first-order chi connectivity index (χ1) is 5.72. The van der Waals surface area contributed by atoms with Gasteiger partial charge in [0.2, 0.25) is 5.91 Å². The quantitative estimate of drug-likeness (QED) is 0.359.